The number of rotatable bonds is 3. The molecule has 0 amide bonds. The fraction of sp³-hybridized carbons (Fsp3) is 0.500. The third-order valence-electron chi connectivity index (χ3n) is 2.99. The molecular formula is C12H17ClN2O. The lowest BCUT2D eigenvalue weighted by Crippen LogP contribution is -2.20. The maximum atomic E-state index is 5.97. The van der Waals surface area contributed by atoms with Crippen LogP contribution in [0.4, 0.5) is 5.69 Å². The Kier molecular flexibility index (Phi) is 3.56. The van der Waals surface area contributed by atoms with E-state index in [0.717, 1.165) is 30.7 Å². The lowest BCUT2D eigenvalue weighted by atomic mass is 10.2. The van der Waals surface area contributed by atoms with E-state index in [0.29, 0.717) is 17.1 Å². The molecule has 1 aliphatic carbocycles. The Labute approximate surface area is 101 Å². The number of ether oxygens (including phenoxy) is 1. The van der Waals surface area contributed by atoms with E-state index in [-0.39, 0.29) is 0 Å². The third kappa shape index (κ3) is 2.60. The van der Waals surface area contributed by atoms with E-state index in [1.165, 1.54) is 0 Å². The summed E-state index contributed by atoms with van der Waals surface area (Å²) in [4.78, 5) is 0. The van der Waals surface area contributed by atoms with Crippen molar-refractivity contribution < 1.29 is 4.74 Å². The number of hydrogen-bond acceptors (Lipinski definition) is 3. The number of benzene rings is 1. The summed E-state index contributed by atoms with van der Waals surface area (Å²) < 4.78 is 5.29. The molecule has 1 saturated carbocycles. The van der Waals surface area contributed by atoms with Crippen LogP contribution in [0.15, 0.2) is 18.2 Å². The molecule has 0 heterocycles. The van der Waals surface area contributed by atoms with Crippen molar-refractivity contribution in [2.45, 2.75) is 31.3 Å². The van der Waals surface area contributed by atoms with Gasteiger partial charge in [-0.05, 0) is 37.5 Å². The quantitative estimate of drug-likeness (QED) is 0.854. The minimum absolute atomic E-state index is 0.322. The Morgan fingerprint density at radius 2 is 2.25 bits per heavy atom. The van der Waals surface area contributed by atoms with E-state index in [1.807, 2.05) is 18.2 Å². The van der Waals surface area contributed by atoms with Crippen LogP contribution in [0.5, 0.6) is 5.75 Å². The Morgan fingerprint density at radius 3 is 2.88 bits per heavy atom. The zero-order valence-corrected chi connectivity index (χ0v) is 10.1. The van der Waals surface area contributed by atoms with E-state index < -0.39 is 0 Å². The van der Waals surface area contributed by atoms with Gasteiger partial charge >= 0.3 is 0 Å². The second kappa shape index (κ2) is 4.93. The van der Waals surface area contributed by atoms with Gasteiger partial charge < -0.3 is 15.8 Å². The van der Waals surface area contributed by atoms with Crippen molar-refractivity contribution in [3.8, 4) is 5.75 Å². The number of hydrogen-bond donors (Lipinski definition) is 2. The summed E-state index contributed by atoms with van der Waals surface area (Å²) in [6.07, 6.45) is 3.20. The standard InChI is InChI=1S/C12H17ClN2O/c1-16-12-5-2-8(13)6-11(12)15-10-4-3-9(14)7-10/h2,5-6,9-10,15H,3-4,7,14H2,1H3. The Morgan fingerprint density at radius 1 is 1.44 bits per heavy atom. The van der Waals surface area contributed by atoms with Crippen molar-refractivity contribution in [3.63, 3.8) is 0 Å². The van der Waals surface area contributed by atoms with Crippen LogP contribution in [0.1, 0.15) is 19.3 Å². The summed E-state index contributed by atoms with van der Waals surface area (Å²) in [6, 6.07) is 6.35. The summed E-state index contributed by atoms with van der Waals surface area (Å²) >= 11 is 5.97. The number of nitrogens with two attached hydrogens (primary N) is 1. The Bertz CT molecular complexity index is 370. The molecule has 88 valence electrons. The van der Waals surface area contributed by atoms with E-state index in [4.69, 9.17) is 22.1 Å². The summed E-state index contributed by atoms with van der Waals surface area (Å²) in [5.74, 6) is 0.824. The second-order valence-electron chi connectivity index (χ2n) is 4.26. The predicted octanol–water partition coefficient (Wildman–Crippen LogP) is 2.64. The van der Waals surface area contributed by atoms with E-state index in [1.54, 1.807) is 7.11 Å². The maximum absolute atomic E-state index is 5.97. The minimum atomic E-state index is 0.322. The van der Waals surface area contributed by atoms with Gasteiger partial charge in [-0.3, -0.25) is 0 Å². The average Bonchev–Trinajstić information content (AvgIpc) is 2.64. The molecule has 0 radical (unpaired) electrons. The van der Waals surface area contributed by atoms with Gasteiger partial charge in [-0.25, -0.2) is 0 Å². The van der Waals surface area contributed by atoms with Crippen LogP contribution in [0.2, 0.25) is 5.02 Å². The van der Waals surface area contributed by atoms with Crippen LogP contribution in [0.3, 0.4) is 0 Å². The lowest BCUT2D eigenvalue weighted by Gasteiger charge is -2.16. The van der Waals surface area contributed by atoms with Crippen LogP contribution in [0.25, 0.3) is 0 Å². The van der Waals surface area contributed by atoms with Crippen LogP contribution in [-0.4, -0.2) is 19.2 Å². The van der Waals surface area contributed by atoms with E-state index >= 15 is 0 Å². The highest BCUT2D eigenvalue weighted by Gasteiger charge is 2.22. The highest BCUT2D eigenvalue weighted by Crippen LogP contribution is 2.30. The van der Waals surface area contributed by atoms with Gasteiger partial charge in [0.15, 0.2) is 0 Å². The first-order valence-corrected chi connectivity index (χ1v) is 5.92. The first-order valence-electron chi connectivity index (χ1n) is 5.54. The van der Waals surface area contributed by atoms with Crippen molar-refractivity contribution in [2.24, 2.45) is 5.73 Å². The monoisotopic (exact) mass is 240 g/mol. The molecule has 0 aromatic heterocycles. The Balaban J connectivity index is 2.10. The van der Waals surface area contributed by atoms with Crippen molar-refractivity contribution in [1.82, 2.24) is 0 Å². The molecule has 1 aromatic carbocycles. The lowest BCUT2D eigenvalue weighted by molar-refractivity contribution is 0.416. The van der Waals surface area contributed by atoms with Crippen LogP contribution >= 0.6 is 11.6 Å². The average molecular weight is 241 g/mol. The normalized spacial score (nSPS) is 24.4. The molecule has 1 aromatic rings. The summed E-state index contributed by atoms with van der Waals surface area (Å²) in [6.45, 7) is 0. The molecule has 3 N–H and O–H groups in total. The SMILES string of the molecule is COc1ccc(Cl)cc1NC1CCC(N)C1. The molecule has 1 aliphatic rings. The fourth-order valence-corrected chi connectivity index (χ4v) is 2.33. The molecule has 0 aliphatic heterocycles. The van der Waals surface area contributed by atoms with Gasteiger partial charge in [0.05, 0.1) is 12.8 Å². The topological polar surface area (TPSA) is 47.3 Å². The molecule has 4 heteroatoms. The molecular weight excluding hydrogens is 224 g/mol. The third-order valence-corrected chi connectivity index (χ3v) is 3.23. The van der Waals surface area contributed by atoms with Gasteiger partial charge in [0.25, 0.3) is 0 Å². The predicted molar refractivity (Wildman–Crippen MR) is 67.2 cm³/mol. The summed E-state index contributed by atoms with van der Waals surface area (Å²) in [5.41, 5.74) is 6.83. The van der Waals surface area contributed by atoms with Crippen molar-refractivity contribution >= 4 is 17.3 Å². The van der Waals surface area contributed by atoms with Gasteiger partial charge in [-0.1, -0.05) is 11.6 Å². The van der Waals surface area contributed by atoms with Gasteiger partial charge in [0.2, 0.25) is 0 Å². The van der Waals surface area contributed by atoms with E-state index in [9.17, 15) is 0 Å². The Hall–Kier alpha value is -0.930. The van der Waals surface area contributed by atoms with Crippen molar-refractivity contribution in [1.29, 1.82) is 0 Å². The smallest absolute Gasteiger partial charge is 0.142 e. The van der Waals surface area contributed by atoms with Gasteiger partial charge in [-0.15, -0.1) is 0 Å². The fourth-order valence-electron chi connectivity index (χ4n) is 2.16. The highest BCUT2D eigenvalue weighted by molar-refractivity contribution is 6.30. The largest absolute Gasteiger partial charge is 0.495 e. The van der Waals surface area contributed by atoms with Gasteiger partial charge in [0.1, 0.15) is 5.75 Å². The number of nitrogens with one attached hydrogen (secondary N) is 1. The van der Waals surface area contributed by atoms with Crippen LogP contribution < -0.4 is 15.8 Å². The van der Waals surface area contributed by atoms with Crippen LogP contribution in [0, 0.1) is 0 Å². The number of anilines is 1. The summed E-state index contributed by atoms with van der Waals surface area (Å²) in [5, 5.41) is 4.16. The molecule has 2 rings (SSSR count). The van der Waals surface area contributed by atoms with Crippen molar-refractivity contribution in [2.75, 3.05) is 12.4 Å². The maximum Gasteiger partial charge on any atom is 0.142 e. The molecule has 0 spiro atoms. The van der Waals surface area contributed by atoms with Crippen molar-refractivity contribution in [3.05, 3.63) is 23.2 Å². The highest BCUT2D eigenvalue weighted by atomic mass is 35.5. The molecule has 2 atom stereocenters. The minimum Gasteiger partial charge on any atom is -0.495 e. The zero-order valence-electron chi connectivity index (χ0n) is 9.37. The van der Waals surface area contributed by atoms with Crippen LogP contribution in [-0.2, 0) is 0 Å². The molecule has 3 nitrogen and oxygen atoms in total. The number of methoxy groups -OCH3 is 1. The van der Waals surface area contributed by atoms with Gasteiger partial charge in [0, 0.05) is 17.1 Å². The molecule has 0 saturated heterocycles. The second-order valence-corrected chi connectivity index (χ2v) is 4.70. The van der Waals surface area contributed by atoms with Gasteiger partial charge in [-0.2, -0.15) is 0 Å². The number of halogens is 1. The first-order chi connectivity index (χ1) is 7.69. The molecule has 1 fully saturated rings. The molecule has 16 heavy (non-hydrogen) atoms. The summed E-state index contributed by atoms with van der Waals surface area (Å²) in [7, 11) is 1.66. The molecule has 2 unspecified atom stereocenters. The van der Waals surface area contributed by atoms with E-state index in [2.05, 4.69) is 5.32 Å². The zero-order chi connectivity index (χ0) is 11.5. The first kappa shape index (κ1) is 11.6. The molecule has 0 bridgehead atoms.